The third-order valence-electron chi connectivity index (χ3n) is 4.06. The van der Waals surface area contributed by atoms with Gasteiger partial charge in [0, 0.05) is 31.5 Å². The molecule has 1 amide bonds. The smallest absolute Gasteiger partial charge is 0.230 e. The molecule has 3 rings (SSSR count). The van der Waals surface area contributed by atoms with Gasteiger partial charge in [-0.05, 0) is 36.6 Å². The molecule has 0 aliphatic carbocycles. The highest BCUT2D eigenvalue weighted by Gasteiger charge is 2.12. The lowest BCUT2D eigenvalue weighted by Crippen LogP contribution is -2.27. The molecule has 0 atom stereocenters. The molecule has 1 aromatic carbocycles. The number of nitrogens with one attached hydrogen (secondary N) is 1. The summed E-state index contributed by atoms with van der Waals surface area (Å²) in [6, 6.07) is 12.0. The zero-order valence-corrected chi connectivity index (χ0v) is 15.7. The molecule has 3 aromatic rings. The first-order valence-electron chi connectivity index (χ1n) is 8.39. The first kappa shape index (κ1) is 18.1. The van der Waals surface area contributed by atoms with Crippen molar-refractivity contribution in [3.05, 3.63) is 59.9 Å². The Balaban J connectivity index is 1.49. The van der Waals surface area contributed by atoms with Crippen LogP contribution < -0.4 is 5.32 Å². The van der Waals surface area contributed by atoms with E-state index in [1.54, 1.807) is 12.4 Å². The van der Waals surface area contributed by atoms with E-state index in [0.29, 0.717) is 17.5 Å². The second-order valence-electron chi connectivity index (χ2n) is 5.92. The molecule has 0 bridgehead atoms. The molecule has 2 heterocycles. The number of aryl methyl sites for hydroxylation is 1. The van der Waals surface area contributed by atoms with Crippen LogP contribution in [0.15, 0.2) is 53.9 Å². The number of rotatable bonds is 7. The zero-order chi connectivity index (χ0) is 18.4. The average Bonchev–Trinajstić information content (AvgIpc) is 3.03. The number of benzene rings is 1. The molecule has 0 saturated carbocycles. The van der Waals surface area contributed by atoms with Gasteiger partial charge in [0.05, 0.1) is 5.75 Å². The number of carbonyl (C=O) groups is 1. The zero-order valence-electron chi connectivity index (χ0n) is 14.8. The van der Waals surface area contributed by atoms with Crippen molar-refractivity contribution >= 4 is 17.7 Å². The standard InChI is InChI=1S/C19H21N5OS/c1-14-6-3-4-7-15(14)9-11-21-17(25)13-26-19-23-22-18(24(19)2)16-8-5-10-20-12-16/h3-8,10,12H,9,11,13H2,1-2H3,(H,21,25). The Morgan fingerprint density at radius 3 is 2.81 bits per heavy atom. The van der Waals surface area contributed by atoms with Gasteiger partial charge in [0.1, 0.15) is 0 Å². The third kappa shape index (κ3) is 4.49. The summed E-state index contributed by atoms with van der Waals surface area (Å²) in [5, 5.41) is 12.0. The lowest BCUT2D eigenvalue weighted by molar-refractivity contribution is -0.118. The van der Waals surface area contributed by atoms with Crippen molar-refractivity contribution in [2.24, 2.45) is 7.05 Å². The van der Waals surface area contributed by atoms with Gasteiger partial charge in [0.2, 0.25) is 5.91 Å². The first-order chi connectivity index (χ1) is 12.6. The van der Waals surface area contributed by atoms with E-state index in [1.165, 1.54) is 22.9 Å². The highest BCUT2D eigenvalue weighted by molar-refractivity contribution is 7.99. The third-order valence-corrected chi connectivity index (χ3v) is 5.08. The summed E-state index contributed by atoms with van der Waals surface area (Å²) in [4.78, 5) is 16.2. The van der Waals surface area contributed by atoms with E-state index in [0.717, 1.165) is 17.8 Å². The van der Waals surface area contributed by atoms with Gasteiger partial charge < -0.3 is 9.88 Å². The summed E-state index contributed by atoms with van der Waals surface area (Å²) in [5.74, 6) is 1.04. The molecule has 0 saturated heterocycles. The number of amides is 1. The molecule has 0 aliphatic heterocycles. The summed E-state index contributed by atoms with van der Waals surface area (Å²) < 4.78 is 1.88. The van der Waals surface area contributed by atoms with Crippen molar-refractivity contribution in [3.63, 3.8) is 0 Å². The predicted molar refractivity (Wildman–Crippen MR) is 103 cm³/mol. The second-order valence-corrected chi connectivity index (χ2v) is 6.86. The lowest BCUT2D eigenvalue weighted by atomic mass is 10.1. The van der Waals surface area contributed by atoms with Crippen molar-refractivity contribution in [2.45, 2.75) is 18.5 Å². The number of pyridine rings is 1. The van der Waals surface area contributed by atoms with Crippen molar-refractivity contribution in [2.75, 3.05) is 12.3 Å². The largest absolute Gasteiger partial charge is 0.355 e. The summed E-state index contributed by atoms with van der Waals surface area (Å²) in [7, 11) is 1.89. The highest BCUT2D eigenvalue weighted by atomic mass is 32.2. The van der Waals surface area contributed by atoms with E-state index >= 15 is 0 Å². The molecule has 0 fully saturated rings. The summed E-state index contributed by atoms with van der Waals surface area (Å²) in [5.41, 5.74) is 3.41. The quantitative estimate of drug-likeness (QED) is 0.650. The van der Waals surface area contributed by atoms with Gasteiger partial charge in [0.25, 0.3) is 0 Å². The van der Waals surface area contributed by atoms with Crippen LogP contribution in [-0.2, 0) is 18.3 Å². The number of hydrogen-bond donors (Lipinski definition) is 1. The maximum atomic E-state index is 12.1. The summed E-state index contributed by atoms with van der Waals surface area (Å²) >= 11 is 1.38. The number of aromatic nitrogens is 4. The van der Waals surface area contributed by atoms with Crippen LogP contribution in [0, 0.1) is 6.92 Å². The number of nitrogens with zero attached hydrogens (tertiary/aromatic N) is 4. The van der Waals surface area contributed by atoms with Gasteiger partial charge in [0.15, 0.2) is 11.0 Å². The normalized spacial score (nSPS) is 10.7. The van der Waals surface area contributed by atoms with Crippen molar-refractivity contribution in [1.82, 2.24) is 25.1 Å². The molecule has 0 radical (unpaired) electrons. The maximum absolute atomic E-state index is 12.1. The van der Waals surface area contributed by atoms with Crippen LogP contribution in [0.2, 0.25) is 0 Å². The Morgan fingerprint density at radius 2 is 2.04 bits per heavy atom. The van der Waals surface area contributed by atoms with E-state index in [-0.39, 0.29) is 5.91 Å². The molecular formula is C19H21N5OS. The molecular weight excluding hydrogens is 346 g/mol. The maximum Gasteiger partial charge on any atom is 0.230 e. The van der Waals surface area contributed by atoms with Gasteiger partial charge in [-0.15, -0.1) is 10.2 Å². The molecule has 2 aromatic heterocycles. The van der Waals surface area contributed by atoms with Crippen LogP contribution >= 0.6 is 11.8 Å². The minimum Gasteiger partial charge on any atom is -0.355 e. The fourth-order valence-electron chi connectivity index (χ4n) is 2.60. The van der Waals surface area contributed by atoms with E-state index in [9.17, 15) is 4.79 Å². The van der Waals surface area contributed by atoms with Gasteiger partial charge in [-0.1, -0.05) is 36.0 Å². The van der Waals surface area contributed by atoms with Crippen molar-refractivity contribution in [1.29, 1.82) is 0 Å². The molecule has 7 heteroatoms. The average molecular weight is 367 g/mol. The van der Waals surface area contributed by atoms with Crippen LogP contribution in [0.25, 0.3) is 11.4 Å². The lowest BCUT2D eigenvalue weighted by Gasteiger charge is -2.07. The minimum absolute atomic E-state index is 0.00508. The highest BCUT2D eigenvalue weighted by Crippen LogP contribution is 2.21. The molecule has 1 N–H and O–H groups in total. The van der Waals surface area contributed by atoms with Crippen molar-refractivity contribution in [3.8, 4) is 11.4 Å². The molecule has 6 nitrogen and oxygen atoms in total. The Hall–Kier alpha value is -2.67. The molecule has 0 unspecified atom stereocenters. The SMILES string of the molecule is Cc1ccccc1CCNC(=O)CSc1nnc(-c2cccnc2)n1C. The summed E-state index contributed by atoms with van der Waals surface area (Å²) in [6.07, 6.45) is 4.30. The monoisotopic (exact) mass is 367 g/mol. The number of carbonyl (C=O) groups excluding carboxylic acids is 1. The number of thioether (sulfide) groups is 1. The van der Waals surface area contributed by atoms with E-state index in [2.05, 4.69) is 39.6 Å². The van der Waals surface area contributed by atoms with E-state index < -0.39 is 0 Å². The van der Waals surface area contributed by atoms with Crippen LogP contribution in [0.3, 0.4) is 0 Å². The molecule has 0 spiro atoms. The van der Waals surface area contributed by atoms with Crippen LogP contribution in [0.5, 0.6) is 0 Å². The molecule has 26 heavy (non-hydrogen) atoms. The van der Waals surface area contributed by atoms with Crippen molar-refractivity contribution < 1.29 is 4.79 Å². The van der Waals surface area contributed by atoms with Gasteiger partial charge in [-0.2, -0.15) is 0 Å². The Kier molecular flexibility index (Phi) is 6.01. The van der Waals surface area contributed by atoms with Crippen LogP contribution in [0.1, 0.15) is 11.1 Å². The topological polar surface area (TPSA) is 72.7 Å². The van der Waals surface area contributed by atoms with Gasteiger partial charge >= 0.3 is 0 Å². The Bertz CT molecular complexity index is 879. The fourth-order valence-corrected chi connectivity index (χ4v) is 3.34. The number of hydrogen-bond acceptors (Lipinski definition) is 5. The van der Waals surface area contributed by atoms with Crippen LogP contribution in [-0.4, -0.2) is 38.0 Å². The summed E-state index contributed by atoms with van der Waals surface area (Å²) in [6.45, 7) is 2.71. The Morgan fingerprint density at radius 1 is 1.19 bits per heavy atom. The molecule has 134 valence electrons. The predicted octanol–water partition coefficient (Wildman–Crippen LogP) is 2.64. The van der Waals surface area contributed by atoms with E-state index in [4.69, 9.17) is 0 Å². The van der Waals surface area contributed by atoms with Crippen LogP contribution in [0.4, 0.5) is 0 Å². The van der Waals surface area contributed by atoms with E-state index in [1.807, 2.05) is 35.9 Å². The second kappa shape index (κ2) is 8.62. The van der Waals surface area contributed by atoms with Gasteiger partial charge in [-0.25, -0.2) is 0 Å². The molecule has 0 aliphatic rings. The Labute approximate surface area is 157 Å². The first-order valence-corrected chi connectivity index (χ1v) is 9.37. The fraction of sp³-hybridized carbons (Fsp3) is 0.263. The minimum atomic E-state index is -0.00508. The van der Waals surface area contributed by atoms with Gasteiger partial charge in [-0.3, -0.25) is 9.78 Å².